The zero-order valence-electron chi connectivity index (χ0n) is 13.9. The number of hydrogen-bond donors (Lipinski definition) is 1. The van der Waals surface area contributed by atoms with Gasteiger partial charge in [-0.2, -0.15) is 0 Å². The lowest BCUT2D eigenvalue weighted by Gasteiger charge is -2.32. The van der Waals surface area contributed by atoms with Crippen LogP contribution in [0, 0.1) is 0 Å². The van der Waals surface area contributed by atoms with Crippen LogP contribution in [0.5, 0.6) is 5.75 Å². The first-order valence-corrected chi connectivity index (χ1v) is 8.34. The van der Waals surface area contributed by atoms with Gasteiger partial charge in [0.05, 0.1) is 13.5 Å². The Labute approximate surface area is 142 Å². The van der Waals surface area contributed by atoms with E-state index in [9.17, 15) is 4.79 Å². The van der Waals surface area contributed by atoms with E-state index in [2.05, 4.69) is 17.4 Å². The molecule has 126 valence electrons. The molecule has 1 N–H and O–H groups in total. The molecule has 2 unspecified atom stereocenters. The minimum Gasteiger partial charge on any atom is -0.497 e. The zero-order chi connectivity index (χ0) is 16.8. The van der Waals surface area contributed by atoms with Crippen molar-refractivity contribution in [3.63, 3.8) is 0 Å². The van der Waals surface area contributed by atoms with Crippen LogP contribution in [0.4, 0.5) is 0 Å². The van der Waals surface area contributed by atoms with Crippen LogP contribution in [-0.4, -0.2) is 32.3 Å². The SMILES string of the molecule is COc1ccc(CC(=O)OC2CNCCC2c2ccccc2)cc1. The summed E-state index contributed by atoms with van der Waals surface area (Å²) in [5.41, 5.74) is 2.17. The second-order valence-corrected chi connectivity index (χ2v) is 6.06. The number of piperidine rings is 1. The molecule has 0 spiro atoms. The lowest BCUT2D eigenvalue weighted by molar-refractivity contribution is -0.150. The van der Waals surface area contributed by atoms with Gasteiger partial charge in [-0.05, 0) is 36.2 Å². The second-order valence-electron chi connectivity index (χ2n) is 6.06. The topological polar surface area (TPSA) is 47.6 Å². The predicted octanol–water partition coefficient (Wildman–Crippen LogP) is 2.93. The second kappa shape index (κ2) is 7.97. The molecule has 0 aromatic heterocycles. The van der Waals surface area contributed by atoms with Crippen LogP contribution in [0.1, 0.15) is 23.5 Å². The standard InChI is InChI=1S/C20H23NO3/c1-23-17-9-7-15(8-10-17)13-20(22)24-19-14-21-12-11-18(19)16-5-3-2-4-6-16/h2-10,18-19,21H,11-14H2,1H3. The van der Waals surface area contributed by atoms with E-state index < -0.39 is 0 Å². The van der Waals surface area contributed by atoms with Gasteiger partial charge in [-0.15, -0.1) is 0 Å². The van der Waals surface area contributed by atoms with Crippen LogP contribution >= 0.6 is 0 Å². The quantitative estimate of drug-likeness (QED) is 0.859. The largest absolute Gasteiger partial charge is 0.497 e. The van der Waals surface area contributed by atoms with Gasteiger partial charge in [0.25, 0.3) is 0 Å². The maximum absolute atomic E-state index is 12.3. The fourth-order valence-corrected chi connectivity index (χ4v) is 3.16. The van der Waals surface area contributed by atoms with Gasteiger partial charge in [-0.25, -0.2) is 0 Å². The van der Waals surface area contributed by atoms with E-state index in [4.69, 9.17) is 9.47 Å². The van der Waals surface area contributed by atoms with Crippen LogP contribution in [0.2, 0.25) is 0 Å². The fourth-order valence-electron chi connectivity index (χ4n) is 3.16. The van der Waals surface area contributed by atoms with Gasteiger partial charge in [0, 0.05) is 12.5 Å². The average Bonchev–Trinajstić information content (AvgIpc) is 2.63. The molecule has 0 aliphatic carbocycles. The van der Waals surface area contributed by atoms with Crippen LogP contribution in [0.15, 0.2) is 54.6 Å². The predicted molar refractivity (Wildman–Crippen MR) is 93.2 cm³/mol. The Balaban J connectivity index is 1.63. The molecule has 1 saturated heterocycles. The molecule has 1 fully saturated rings. The summed E-state index contributed by atoms with van der Waals surface area (Å²) in [5.74, 6) is 0.856. The van der Waals surface area contributed by atoms with Gasteiger partial charge in [0.15, 0.2) is 0 Å². The van der Waals surface area contributed by atoms with E-state index >= 15 is 0 Å². The number of benzene rings is 2. The smallest absolute Gasteiger partial charge is 0.310 e. The lowest BCUT2D eigenvalue weighted by Crippen LogP contribution is -2.42. The van der Waals surface area contributed by atoms with Crippen molar-refractivity contribution in [2.75, 3.05) is 20.2 Å². The first-order valence-electron chi connectivity index (χ1n) is 8.34. The molecular weight excluding hydrogens is 302 g/mol. The number of ether oxygens (including phenoxy) is 2. The Kier molecular flexibility index (Phi) is 5.49. The van der Waals surface area contributed by atoms with E-state index in [1.54, 1.807) is 7.11 Å². The summed E-state index contributed by atoms with van der Waals surface area (Å²) in [4.78, 5) is 12.3. The summed E-state index contributed by atoms with van der Waals surface area (Å²) < 4.78 is 10.9. The van der Waals surface area contributed by atoms with Gasteiger partial charge in [0.2, 0.25) is 0 Å². The Morgan fingerprint density at radius 1 is 1.12 bits per heavy atom. The normalized spacial score (nSPS) is 20.4. The third-order valence-electron chi connectivity index (χ3n) is 4.44. The molecule has 2 aromatic carbocycles. The van der Waals surface area contributed by atoms with Crippen molar-refractivity contribution >= 4 is 5.97 Å². The number of rotatable bonds is 5. The van der Waals surface area contributed by atoms with Crippen molar-refractivity contribution in [1.29, 1.82) is 0 Å². The number of methoxy groups -OCH3 is 1. The molecule has 24 heavy (non-hydrogen) atoms. The van der Waals surface area contributed by atoms with Gasteiger partial charge >= 0.3 is 5.97 Å². The molecule has 2 atom stereocenters. The maximum atomic E-state index is 12.3. The van der Waals surface area contributed by atoms with Gasteiger partial charge in [-0.3, -0.25) is 4.79 Å². The van der Waals surface area contributed by atoms with Gasteiger partial charge in [0.1, 0.15) is 11.9 Å². The molecule has 0 bridgehead atoms. The van der Waals surface area contributed by atoms with Crippen LogP contribution in [0.3, 0.4) is 0 Å². The zero-order valence-corrected chi connectivity index (χ0v) is 13.9. The third-order valence-corrected chi connectivity index (χ3v) is 4.44. The van der Waals surface area contributed by atoms with Crippen LogP contribution < -0.4 is 10.1 Å². The minimum atomic E-state index is -0.185. The number of esters is 1. The molecular formula is C20H23NO3. The number of carbonyl (C=O) groups is 1. The molecule has 3 rings (SSSR count). The third kappa shape index (κ3) is 4.15. The highest BCUT2D eigenvalue weighted by atomic mass is 16.5. The van der Waals surface area contributed by atoms with Crippen molar-refractivity contribution in [3.8, 4) is 5.75 Å². The summed E-state index contributed by atoms with van der Waals surface area (Å²) in [6.45, 7) is 1.65. The molecule has 2 aromatic rings. The molecule has 0 radical (unpaired) electrons. The Bertz CT molecular complexity index is 654. The van der Waals surface area contributed by atoms with E-state index in [0.717, 1.165) is 24.3 Å². The Morgan fingerprint density at radius 2 is 1.88 bits per heavy atom. The van der Waals surface area contributed by atoms with Crippen molar-refractivity contribution < 1.29 is 14.3 Å². The summed E-state index contributed by atoms with van der Waals surface area (Å²) >= 11 is 0. The first-order chi connectivity index (χ1) is 11.8. The van der Waals surface area contributed by atoms with E-state index in [0.29, 0.717) is 6.54 Å². The number of hydrogen-bond acceptors (Lipinski definition) is 4. The van der Waals surface area contributed by atoms with E-state index in [-0.39, 0.29) is 24.4 Å². The van der Waals surface area contributed by atoms with E-state index in [1.165, 1.54) is 5.56 Å². The van der Waals surface area contributed by atoms with Crippen molar-refractivity contribution in [3.05, 3.63) is 65.7 Å². The Morgan fingerprint density at radius 3 is 2.58 bits per heavy atom. The number of carbonyl (C=O) groups excluding carboxylic acids is 1. The summed E-state index contributed by atoms with van der Waals surface area (Å²) in [6.07, 6.45) is 1.14. The van der Waals surface area contributed by atoms with E-state index in [1.807, 2.05) is 42.5 Å². The minimum absolute atomic E-state index is 0.119. The highest BCUT2D eigenvalue weighted by molar-refractivity contribution is 5.73. The maximum Gasteiger partial charge on any atom is 0.310 e. The summed E-state index contributed by atoms with van der Waals surface area (Å²) in [5, 5.41) is 3.33. The van der Waals surface area contributed by atoms with Gasteiger partial charge < -0.3 is 14.8 Å². The molecule has 4 heteroatoms. The average molecular weight is 325 g/mol. The Hall–Kier alpha value is -2.33. The monoisotopic (exact) mass is 325 g/mol. The van der Waals surface area contributed by atoms with Crippen molar-refractivity contribution in [1.82, 2.24) is 5.32 Å². The molecule has 1 heterocycles. The lowest BCUT2D eigenvalue weighted by atomic mass is 9.88. The first kappa shape index (κ1) is 16.5. The number of nitrogens with one attached hydrogen (secondary N) is 1. The van der Waals surface area contributed by atoms with Crippen LogP contribution in [0.25, 0.3) is 0 Å². The fraction of sp³-hybridized carbons (Fsp3) is 0.350. The molecule has 1 aliphatic heterocycles. The molecule has 0 amide bonds. The van der Waals surface area contributed by atoms with Crippen LogP contribution in [-0.2, 0) is 16.0 Å². The van der Waals surface area contributed by atoms with Gasteiger partial charge in [-0.1, -0.05) is 42.5 Å². The van der Waals surface area contributed by atoms with Crippen molar-refractivity contribution in [2.45, 2.75) is 24.9 Å². The molecule has 4 nitrogen and oxygen atoms in total. The highest BCUT2D eigenvalue weighted by Crippen LogP contribution is 2.27. The summed E-state index contributed by atoms with van der Waals surface area (Å²) in [6, 6.07) is 17.8. The summed E-state index contributed by atoms with van der Waals surface area (Å²) in [7, 11) is 1.63. The molecule has 1 aliphatic rings. The van der Waals surface area contributed by atoms with Crippen molar-refractivity contribution in [2.24, 2.45) is 0 Å². The highest BCUT2D eigenvalue weighted by Gasteiger charge is 2.29. The molecule has 0 saturated carbocycles.